The number of nitrogens with zero attached hydrogens (tertiary/aromatic N) is 2. The van der Waals surface area contributed by atoms with Gasteiger partial charge in [0.15, 0.2) is 0 Å². The molecule has 0 spiro atoms. The third-order valence-electron chi connectivity index (χ3n) is 3.00. The zero-order chi connectivity index (χ0) is 12.4. The van der Waals surface area contributed by atoms with Gasteiger partial charge in [-0.25, -0.2) is 9.97 Å². The third-order valence-corrected chi connectivity index (χ3v) is 3.00. The summed E-state index contributed by atoms with van der Waals surface area (Å²) in [5, 5.41) is 2.96. The number of hydrogen-bond acceptors (Lipinski definition) is 3. The minimum atomic E-state index is 0.653. The van der Waals surface area contributed by atoms with Crippen LogP contribution in [0.5, 0.6) is 0 Å². The fourth-order valence-electron chi connectivity index (χ4n) is 1.87. The lowest BCUT2D eigenvalue weighted by molar-refractivity contribution is 1.15. The zero-order valence-corrected chi connectivity index (χ0v) is 10.7. The second-order valence-corrected chi connectivity index (χ2v) is 4.27. The molecule has 1 aromatic heterocycles. The molecule has 1 aromatic carbocycles. The van der Waals surface area contributed by atoms with E-state index >= 15 is 0 Å². The van der Waals surface area contributed by atoms with Crippen molar-refractivity contribution >= 4 is 5.95 Å². The highest BCUT2D eigenvalue weighted by atomic mass is 15.1. The van der Waals surface area contributed by atoms with Crippen LogP contribution in [0, 0.1) is 20.8 Å². The molecule has 1 N–H and O–H groups in total. The average Bonchev–Trinajstić information content (AvgIpc) is 2.34. The lowest BCUT2D eigenvalue weighted by Crippen LogP contribution is -1.98. The highest BCUT2D eigenvalue weighted by Gasteiger charge is 2.06. The van der Waals surface area contributed by atoms with Gasteiger partial charge in [0.1, 0.15) is 0 Å². The Morgan fingerprint density at radius 2 is 1.71 bits per heavy atom. The summed E-state index contributed by atoms with van der Waals surface area (Å²) in [7, 11) is 1.83. The fraction of sp³-hybridized carbons (Fsp3) is 0.286. The first-order valence-electron chi connectivity index (χ1n) is 5.71. The Bertz CT molecular complexity index is 547. The third kappa shape index (κ3) is 2.28. The number of nitrogens with one attached hydrogen (secondary N) is 1. The highest BCUT2D eigenvalue weighted by Crippen LogP contribution is 2.25. The lowest BCUT2D eigenvalue weighted by atomic mass is 9.99. The molecule has 2 rings (SSSR count). The number of anilines is 1. The fourth-order valence-corrected chi connectivity index (χ4v) is 1.87. The summed E-state index contributed by atoms with van der Waals surface area (Å²) in [6.45, 7) is 6.37. The van der Waals surface area contributed by atoms with Gasteiger partial charge >= 0.3 is 0 Å². The van der Waals surface area contributed by atoms with Crippen LogP contribution >= 0.6 is 0 Å². The molecule has 3 nitrogen and oxygen atoms in total. The van der Waals surface area contributed by atoms with Crippen LogP contribution in [0.15, 0.2) is 24.4 Å². The zero-order valence-electron chi connectivity index (χ0n) is 10.7. The number of rotatable bonds is 2. The molecule has 0 saturated heterocycles. The maximum atomic E-state index is 4.47. The Hall–Kier alpha value is -1.90. The summed E-state index contributed by atoms with van der Waals surface area (Å²) in [6.07, 6.45) is 1.78. The van der Waals surface area contributed by atoms with Gasteiger partial charge in [-0.05, 0) is 49.6 Å². The van der Waals surface area contributed by atoms with Crippen LogP contribution in [0.2, 0.25) is 0 Å². The number of aromatic nitrogens is 2. The number of hydrogen-bond donors (Lipinski definition) is 1. The minimum Gasteiger partial charge on any atom is -0.357 e. The van der Waals surface area contributed by atoms with Gasteiger partial charge in [-0.3, -0.25) is 0 Å². The van der Waals surface area contributed by atoms with Crippen molar-refractivity contribution in [3.05, 3.63) is 41.1 Å². The van der Waals surface area contributed by atoms with Crippen molar-refractivity contribution in [2.24, 2.45) is 0 Å². The predicted molar refractivity (Wildman–Crippen MR) is 71.2 cm³/mol. The maximum Gasteiger partial charge on any atom is 0.222 e. The minimum absolute atomic E-state index is 0.653. The van der Waals surface area contributed by atoms with Gasteiger partial charge in [0.2, 0.25) is 5.95 Å². The molecule has 0 amide bonds. The van der Waals surface area contributed by atoms with Crippen molar-refractivity contribution in [2.75, 3.05) is 12.4 Å². The normalized spacial score (nSPS) is 10.4. The molecule has 17 heavy (non-hydrogen) atoms. The molecular weight excluding hydrogens is 210 g/mol. The second-order valence-electron chi connectivity index (χ2n) is 4.27. The summed E-state index contributed by atoms with van der Waals surface area (Å²) in [4.78, 5) is 8.60. The van der Waals surface area contributed by atoms with Crippen LogP contribution in [-0.2, 0) is 0 Å². The van der Waals surface area contributed by atoms with E-state index in [9.17, 15) is 0 Å². The van der Waals surface area contributed by atoms with Gasteiger partial charge in [-0.2, -0.15) is 0 Å². The van der Waals surface area contributed by atoms with Crippen molar-refractivity contribution in [2.45, 2.75) is 20.8 Å². The first-order chi connectivity index (χ1) is 8.11. The van der Waals surface area contributed by atoms with Gasteiger partial charge in [-0.15, -0.1) is 0 Å². The molecule has 3 heteroatoms. The molecule has 88 valence electrons. The van der Waals surface area contributed by atoms with Crippen molar-refractivity contribution in [1.82, 2.24) is 9.97 Å². The van der Waals surface area contributed by atoms with Crippen molar-refractivity contribution in [3.8, 4) is 11.3 Å². The smallest absolute Gasteiger partial charge is 0.222 e. The largest absolute Gasteiger partial charge is 0.357 e. The van der Waals surface area contributed by atoms with E-state index in [1.54, 1.807) is 6.20 Å². The van der Waals surface area contributed by atoms with E-state index in [0.717, 1.165) is 5.69 Å². The maximum absolute atomic E-state index is 4.47. The van der Waals surface area contributed by atoms with Crippen LogP contribution in [0.3, 0.4) is 0 Å². The lowest BCUT2D eigenvalue weighted by Gasteiger charge is -2.10. The van der Waals surface area contributed by atoms with E-state index in [1.165, 1.54) is 22.3 Å². The second kappa shape index (κ2) is 4.53. The summed E-state index contributed by atoms with van der Waals surface area (Å²) >= 11 is 0. The Labute approximate surface area is 102 Å². The first kappa shape index (κ1) is 11.6. The van der Waals surface area contributed by atoms with Gasteiger partial charge in [0, 0.05) is 18.8 Å². The molecule has 0 fully saturated rings. The molecule has 0 unspecified atom stereocenters. The van der Waals surface area contributed by atoms with Crippen LogP contribution in [0.1, 0.15) is 16.7 Å². The van der Waals surface area contributed by atoms with Gasteiger partial charge in [0.25, 0.3) is 0 Å². The Morgan fingerprint density at radius 1 is 1.00 bits per heavy atom. The molecular formula is C14H17N3. The first-order valence-corrected chi connectivity index (χ1v) is 5.71. The van der Waals surface area contributed by atoms with Crippen molar-refractivity contribution in [1.29, 1.82) is 0 Å². The van der Waals surface area contributed by atoms with Crippen molar-refractivity contribution < 1.29 is 0 Å². The van der Waals surface area contributed by atoms with Crippen LogP contribution in [0.25, 0.3) is 11.3 Å². The molecule has 0 aliphatic carbocycles. The highest BCUT2D eigenvalue weighted by molar-refractivity contribution is 5.65. The quantitative estimate of drug-likeness (QED) is 0.856. The van der Waals surface area contributed by atoms with Gasteiger partial charge in [-0.1, -0.05) is 6.07 Å². The van der Waals surface area contributed by atoms with E-state index in [0.29, 0.717) is 5.95 Å². The molecule has 0 bridgehead atoms. The predicted octanol–water partition coefficient (Wildman–Crippen LogP) is 3.11. The topological polar surface area (TPSA) is 37.8 Å². The van der Waals surface area contributed by atoms with E-state index in [1.807, 2.05) is 13.1 Å². The SMILES string of the molecule is CNc1nccc(-c2cc(C)c(C)cc2C)n1. The average molecular weight is 227 g/mol. The molecule has 0 aliphatic rings. The summed E-state index contributed by atoms with van der Waals surface area (Å²) in [5.74, 6) is 0.653. The molecule has 0 aliphatic heterocycles. The van der Waals surface area contributed by atoms with Gasteiger partial charge in [0.05, 0.1) is 5.69 Å². The molecule has 0 atom stereocenters. The summed E-state index contributed by atoms with van der Waals surface area (Å²) < 4.78 is 0. The molecule has 1 heterocycles. The van der Waals surface area contributed by atoms with Crippen molar-refractivity contribution in [3.63, 3.8) is 0 Å². The van der Waals surface area contributed by atoms with Crippen LogP contribution in [-0.4, -0.2) is 17.0 Å². The van der Waals surface area contributed by atoms with E-state index in [2.05, 4.69) is 48.2 Å². The van der Waals surface area contributed by atoms with Gasteiger partial charge < -0.3 is 5.32 Å². The summed E-state index contributed by atoms with van der Waals surface area (Å²) in [5.41, 5.74) is 5.98. The van der Waals surface area contributed by atoms with Crippen LogP contribution in [0.4, 0.5) is 5.95 Å². The standard InChI is InChI=1S/C14H17N3/c1-9-7-11(3)12(8-10(9)2)13-5-6-16-14(15-4)17-13/h5-8H,1-4H3,(H,15,16,17). The Balaban J connectivity index is 2.56. The number of benzene rings is 1. The Morgan fingerprint density at radius 3 is 2.41 bits per heavy atom. The molecule has 0 saturated carbocycles. The molecule has 2 aromatic rings. The van der Waals surface area contributed by atoms with E-state index < -0.39 is 0 Å². The van der Waals surface area contributed by atoms with E-state index in [-0.39, 0.29) is 0 Å². The Kier molecular flexibility index (Phi) is 3.09. The van der Waals surface area contributed by atoms with Crippen LogP contribution < -0.4 is 5.32 Å². The monoisotopic (exact) mass is 227 g/mol. The number of aryl methyl sites for hydroxylation is 3. The van der Waals surface area contributed by atoms with E-state index in [4.69, 9.17) is 0 Å². The summed E-state index contributed by atoms with van der Waals surface area (Å²) in [6, 6.07) is 6.33. The molecule has 0 radical (unpaired) electrons.